The first-order chi connectivity index (χ1) is 9.77. The molecule has 0 spiro atoms. The van der Waals surface area contributed by atoms with Crippen molar-refractivity contribution < 1.29 is 4.79 Å². The number of nitrogens with one attached hydrogen (secondary N) is 1. The number of hydrogen-bond acceptors (Lipinski definition) is 3. The normalized spacial score (nSPS) is 10.9. The van der Waals surface area contributed by atoms with Gasteiger partial charge < -0.3 is 4.90 Å². The zero-order valence-electron chi connectivity index (χ0n) is 12.2. The van der Waals surface area contributed by atoms with Crippen LogP contribution in [0.5, 0.6) is 0 Å². The fraction of sp³-hybridized carbons (Fsp3) is 0.533. The van der Waals surface area contributed by atoms with Gasteiger partial charge in [0.05, 0.1) is 10.9 Å². The van der Waals surface area contributed by atoms with Crippen LogP contribution in [0.25, 0.3) is 10.9 Å². The lowest BCUT2D eigenvalue weighted by Gasteiger charge is -2.21. The Bertz CT molecular complexity index is 556. The van der Waals surface area contributed by atoms with E-state index in [-0.39, 0.29) is 5.91 Å². The van der Waals surface area contributed by atoms with Crippen LogP contribution in [0, 0.1) is 0 Å². The Kier molecular flexibility index (Phi) is 5.09. The minimum atomic E-state index is 0.00569. The molecule has 0 saturated carbocycles. The fourth-order valence-electron chi connectivity index (χ4n) is 2.18. The molecule has 0 atom stereocenters. The van der Waals surface area contributed by atoms with E-state index in [0.29, 0.717) is 5.69 Å². The van der Waals surface area contributed by atoms with Crippen LogP contribution in [-0.4, -0.2) is 39.1 Å². The van der Waals surface area contributed by atoms with Crippen LogP contribution in [0.3, 0.4) is 0 Å². The Morgan fingerprint density at radius 3 is 2.60 bits per heavy atom. The predicted octanol–water partition coefficient (Wildman–Crippen LogP) is 3.00. The summed E-state index contributed by atoms with van der Waals surface area (Å²) in [6.45, 7) is 5.86. The van der Waals surface area contributed by atoms with E-state index in [0.717, 1.165) is 49.7 Å². The molecule has 108 valence electrons. The quantitative estimate of drug-likeness (QED) is 0.844. The summed E-state index contributed by atoms with van der Waals surface area (Å²) in [5.74, 6) is 0.00569. The number of nitrogens with zero attached hydrogens (tertiary/aromatic N) is 3. The minimum absolute atomic E-state index is 0.00569. The lowest BCUT2D eigenvalue weighted by atomic mass is 10.2. The van der Waals surface area contributed by atoms with Crippen molar-refractivity contribution in [2.75, 3.05) is 13.1 Å². The summed E-state index contributed by atoms with van der Waals surface area (Å²) in [6.07, 6.45) is 7.61. The molecule has 1 N–H and O–H groups in total. The van der Waals surface area contributed by atoms with E-state index in [1.54, 1.807) is 12.4 Å². The lowest BCUT2D eigenvalue weighted by Crippen LogP contribution is -2.33. The Morgan fingerprint density at radius 1 is 1.25 bits per heavy atom. The molecular formula is C15H22N4O. The zero-order chi connectivity index (χ0) is 14.4. The van der Waals surface area contributed by atoms with Gasteiger partial charge in [-0.1, -0.05) is 26.7 Å². The van der Waals surface area contributed by atoms with E-state index in [4.69, 9.17) is 0 Å². The number of carbonyl (C=O) groups is 1. The van der Waals surface area contributed by atoms with Crippen LogP contribution in [0.1, 0.15) is 50.0 Å². The molecule has 0 aliphatic carbocycles. The lowest BCUT2D eigenvalue weighted by molar-refractivity contribution is 0.0747. The van der Waals surface area contributed by atoms with Gasteiger partial charge in [-0.25, -0.2) is 0 Å². The Balaban J connectivity index is 2.21. The van der Waals surface area contributed by atoms with Gasteiger partial charge in [0.2, 0.25) is 0 Å². The number of carbonyl (C=O) groups excluding carboxylic acids is 1. The molecule has 0 fully saturated rings. The molecule has 5 nitrogen and oxygen atoms in total. The first-order valence-corrected chi connectivity index (χ1v) is 7.35. The van der Waals surface area contributed by atoms with Gasteiger partial charge in [0, 0.05) is 25.5 Å². The molecule has 20 heavy (non-hydrogen) atoms. The number of amides is 1. The number of fused-ring (bicyclic) bond motifs is 1. The smallest absolute Gasteiger partial charge is 0.275 e. The van der Waals surface area contributed by atoms with Gasteiger partial charge in [-0.05, 0) is 18.9 Å². The minimum Gasteiger partial charge on any atom is -0.337 e. The SMILES string of the molecule is CCCCN(CCCC)C(=O)c1n[nH]c2ccncc12. The van der Waals surface area contributed by atoms with Crippen LogP contribution in [0.4, 0.5) is 0 Å². The average Bonchev–Trinajstić information content (AvgIpc) is 2.91. The number of pyridine rings is 1. The number of aromatic amines is 1. The molecule has 0 bridgehead atoms. The van der Waals surface area contributed by atoms with Crippen molar-refractivity contribution in [3.63, 3.8) is 0 Å². The Morgan fingerprint density at radius 2 is 1.95 bits per heavy atom. The predicted molar refractivity (Wildman–Crippen MR) is 79.6 cm³/mol. The molecule has 2 heterocycles. The summed E-state index contributed by atoms with van der Waals surface area (Å²) in [6, 6.07) is 1.83. The first kappa shape index (κ1) is 14.5. The maximum absolute atomic E-state index is 12.6. The van der Waals surface area contributed by atoms with E-state index in [1.807, 2.05) is 11.0 Å². The average molecular weight is 274 g/mol. The fourth-order valence-corrected chi connectivity index (χ4v) is 2.18. The summed E-state index contributed by atoms with van der Waals surface area (Å²) in [4.78, 5) is 18.6. The number of hydrogen-bond donors (Lipinski definition) is 1. The second kappa shape index (κ2) is 7.03. The van der Waals surface area contributed by atoms with Crippen molar-refractivity contribution in [3.8, 4) is 0 Å². The summed E-state index contributed by atoms with van der Waals surface area (Å²) in [5.41, 5.74) is 1.34. The van der Waals surface area contributed by atoms with Crippen LogP contribution in [-0.2, 0) is 0 Å². The standard InChI is InChI=1S/C15H22N4O/c1-3-5-9-19(10-6-4-2)15(20)14-12-11-16-8-7-13(12)17-18-14/h7-8,11H,3-6,9-10H2,1-2H3,(H,17,18). The molecule has 0 saturated heterocycles. The summed E-state index contributed by atoms with van der Waals surface area (Å²) >= 11 is 0. The molecule has 0 radical (unpaired) electrons. The van der Waals surface area contributed by atoms with Crippen molar-refractivity contribution in [1.29, 1.82) is 0 Å². The first-order valence-electron chi connectivity index (χ1n) is 7.35. The summed E-state index contributed by atoms with van der Waals surface area (Å²) < 4.78 is 0. The molecule has 5 heteroatoms. The van der Waals surface area contributed by atoms with Gasteiger partial charge >= 0.3 is 0 Å². The monoisotopic (exact) mass is 274 g/mol. The summed E-state index contributed by atoms with van der Waals surface area (Å²) in [5, 5.41) is 7.88. The molecule has 0 aliphatic rings. The van der Waals surface area contributed by atoms with Crippen molar-refractivity contribution in [2.24, 2.45) is 0 Å². The third kappa shape index (κ3) is 3.15. The molecule has 1 amide bonds. The highest BCUT2D eigenvalue weighted by Crippen LogP contribution is 2.16. The van der Waals surface area contributed by atoms with Gasteiger partial charge in [0.1, 0.15) is 0 Å². The second-order valence-corrected chi connectivity index (χ2v) is 4.99. The third-order valence-corrected chi connectivity index (χ3v) is 3.42. The molecule has 2 rings (SSSR count). The van der Waals surface area contributed by atoms with Crippen LogP contribution in [0.2, 0.25) is 0 Å². The van der Waals surface area contributed by atoms with E-state index in [9.17, 15) is 4.79 Å². The van der Waals surface area contributed by atoms with Gasteiger partial charge in [-0.2, -0.15) is 5.10 Å². The largest absolute Gasteiger partial charge is 0.337 e. The van der Waals surface area contributed by atoms with Crippen LogP contribution in [0.15, 0.2) is 18.5 Å². The van der Waals surface area contributed by atoms with Gasteiger partial charge in [-0.15, -0.1) is 0 Å². The maximum Gasteiger partial charge on any atom is 0.275 e. The summed E-state index contributed by atoms with van der Waals surface area (Å²) in [7, 11) is 0. The van der Waals surface area contributed by atoms with Crippen molar-refractivity contribution >= 4 is 16.8 Å². The molecule has 0 aliphatic heterocycles. The van der Waals surface area contributed by atoms with Crippen LogP contribution < -0.4 is 0 Å². The van der Waals surface area contributed by atoms with Crippen molar-refractivity contribution in [3.05, 3.63) is 24.2 Å². The van der Waals surface area contributed by atoms with E-state index in [1.165, 1.54) is 0 Å². The number of unbranched alkanes of at least 4 members (excludes halogenated alkanes) is 2. The van der Waals surface area contributed by atoms with E-state index < -0.39 is 0 Å². The highest BCUT2D eigenvalue weighted by atomic mass is 16.2. The number of rotatable bonds is 7. The van der Waals surface area contributed by atoms with Gasteiger partial charge in [0.15, 0.2) is 5.69 Å². The highest BCUT2D eigenvalue weighted by molar-refractivity contribution is 6.04. The number of H-pyrrole nitrogens is 1. The molecule has 0 aromatic carbocycles. The van der Waals surface area contributed by atoms with Gasteiger partial charge in [0.25, 0.3) is 5.91 Å². The highest BCUT2D eigenvalue weighted by Gasteiger charge is 2.20. The molecule has 0 unspecified atom stereocenters. The van der Waals surface area contributed by atoms with Crippen LogP contribution >= 0.6 is 0 Å². The van der Waals surface area contributed by atoms with E-state index in [2.05, 4.69) is 29.0 Å². The van der Waals surface area contributed by atoms with E-state index >= 15 is 0 Å². The molecule has 2 aromatic heterocycles. The third-order valence-electron chi connectivity index (χ3n) is 3.42. The van der Waals surface area contributed by atoms with Crippen molar-refractivity contribution in [1.82, 2.24) is 20.1 Å². The zero-order valence-corrected chi connectivity index (χ0v) is 12.2. The molecular weight excluding hydrogens is 252 g/mol. The second-order valence-electron chi connectivity index (χ2n) is 4.99. The van der Waals surface area contributed by atoms with Gasteiger partial charge in [-0.3, -0.25) is 14.9 Å². The number of aromatic nitrogens is 3. The maximum atomic E-state index is 12.6. The van der Waals surface area contributed by atoms with Crippen molar-refractivity contribution in [2.45, 2.75) is 39.5 Å². The Labute approximate surface area is 119 Å². The molecule has 2 aromatic rings. The Hall–Kier alpha value is -1.91. The topological polar surface area (TPSA) is 61.9 Å².